The van der Waals surface area contributed by atoms with Crippen LogP contribution < -0.4 is 5.32 Å². The fourth-order valence-electron chi connectivity index (χ4n) is 4.38. The van der Waals surface area contributed by atoms with Crippen molar-refractivity contribution in [2.45, 2.75) is 46.5 Å². The average Bonchev–Trinajstić information content (AvgIpc) is 2.74. The van der Waals surface area contributed by atoms with Crippen LogP contribution in [0.4, 0.5) is 0 Å². The average molecular weight is 442 g/mol. The summed E-state index contributed by atoms with van der Waals surface area (Å²) in [5, 5.41) is 3.31. The molecule has 0 amide bonds. The van der Waals surface area contributed by atoms with Gasteiger partial charge in [0, 0.05) is 35.9 Å². The highest BCUT2D eigenvalue weighted by atomic mass is 16.6. The van der Waals surface area contributed by atoms with Gasteiger partial charge in [-0.25, -0.2) is 9.59 Å². The number of hydrogen-bond donors (Lipinski definition) is 1. The van der Waals surface area contributed by atoms with E-state index in [1.807, 2.05) is 13.8 Å². The molecule has 0 radical (unpaired) electrons. The summed E-state index contributed by atoms with van der Waals surface area (Å²) in [6.45, 7) is 8.80. The predicted molar refractivity (Wildman–Crippen MR) is 119 cm³/mol. The Kier molecular flexibility index (Phi) is 7.19. The molecule has 1 aliphatic heterocycles. The van der Waals surface area contributed by atoms with Crippen LogP contribution >= 0.6 is 0 Å². The van der Waals surface area contributed by atoms with Crippen molar-refractivity contribution in [2.24, 2.45) is 5.41 Å². The molecule has 3 rings (SSSR count). The largest absolute Gasteiger partial charge is 0.465 e. The first-order valence-electron chi connectivity index (χ1n) is 10.9. The number of benzene rings is 1. The monoisotopic (exact) mass is 441 g/mol. The van der Waals surface area contributed by atoms with Crippen LogP contribution in [-0.2, 0) is 23.8 Å². The molecule has 0 spiro atoms. The molecule has 1 heterocycles. The number of hydrogen-bond acceptors (Lipinski definition) is 7. The van der Waals surface area contributed by atoms with E-state index in [0.29, 0.717) is 48.5 Å². The molecule has 2 aliphatic rings. The highest BCUT2D eigenvalue weighted by Crippen LogP contribution is 2.46. The summed E-state index contributed by atoms with van der Waals surface area (Å²) in [4.78, 5) is 38.2. The quantitative estimate of drug-likeness (QED) is 0.510. The van der Waals surface area contributed by atoms with Gasteiger partial charge in [-0.05, 0) is 43.4 Å². The first kappa shape index (κ1) is 23.7. The maximum absolute atomic E-state index is 13.3. The fourth-order valence-corrected chi connectivity index (χ4v) is 4.38. The van der Waals surface area contributed by atoms with Gasteiger partial charge in [0.15, 0.2) is 5.78 Å². The molecule has 1 aliphatic carbocycles. The second kappa shape index (κ2) is 9.69. The van der Waals surface area contributed by atoms with E-state index in [4.69, 9.17) is 14.2 Å². The Hall–Kier alpha value is -2.93. The Bertz CT molecular complexity index is 971. The first-order valence-corrected chi connectivity index (χ1v) is 10.9. The van der Waals surface area contributed by atoms with Gasteiger partial charge >= 0.3 is 11.9 Å². The molecule has 0 saturated carbocycles. The van der Waals surface area contributed by atoms with E-state index in [1.54, 1.807) is 24.3 Å². The van der Waals surface area contributed by atoms with Gasteiger partial charge in [-0.2, -0.15) is 0 Å². The van der Waals surface area contributed by atoms with E-state index in [0.717, 1.165) is 11.3 Å². The number of dihydropyridines is 1. The lowest BCUT2D eigenvalue weighted by atomic mass is 9.68. The van der Waals surface area contributed by atoms with Gasteiger partial charge in [-0.15, -0.1) is 0 Å². The van der Waals surface area contributed by atoms with Crippen molar-refractivity contribution in [1.29, 1.82) is 0 Å². The van der Waals surface area contributed by atoms with Gasteiger partial charge in [-0.3, -0.25) is 4.79 Å². The van der Waals surface area contributed by atoms with Crippen molar-refractivity contribution >= 4 is 17.7 Å². The topological polar surface area (TPSA) is 90.9 Å². The summed E-state index contributed by atoms with van der Waals surface area (Å²) in [5.41, 5.74) is 3.48. The number of ketones is 1. The Morgan fingerprint density at radius 2 is 1.78 bits per heavy atom. The molecule has 0 aromatic heterocycles. The predicted octanol–water partition coefficient (Wildman–Crippen LogP) is 3.66. The molecule has 32 heavy (non-hydrogen) atoms. The maximum Gasteiger partial charge on any atom is 0.337 e. The van der Waals surface area contributed by atoms with Gasteiger partial charge in [0.05, 0.1) is 24.9 Å². The molecule has 1 aromatic rings. The van der Waals surface area contributed by atoms with Crippen LogP contribution in [0.1, 0.15) is 62.4 Å². The molecule has 0 bridgehead atoms. The minimum atomic E-state index is -0.568. The third kappa shape index (κ3) is 4.93. The Morgan fingerprint density at radius 1 is 1.09 bits per heavy atom. The van der Waals surface area contributed by atoms with E-state index in [9.17, 15) is 14.4 Å². The zero-order valence-electron chi connectivity index (χ0n) is 19.4. The number of Topliss-reactive ketones (excluding diaryl/α,β-unsaturated/α-hetero) is 1. The summed E-state index contributed by atoms with van der Waals surface area (Å²) in [5.74, 6) is -1.49. The summed E-state index contributed by atoms with van der Waals surface area (Å²) in [6.07, 6.45) is 1.10. The highest BCUT2D eigenvalue weighted by Gasteiger charge is 2.43. The van der Waals surface area contributed by atoms with E-state index in [2.05, 4.69) is 19.2 Å². The van der Waals surface area contributed by atoms with E-state index in [1.165, 1.54) is 7.11 Å². The van der Waals surface area contributed by atoms with Crippen LogP contribution in [0.5, 0.6) is 0 Å². The third-order valence-electron chi connectivity index (χ3n) is 5.79. The smallest absolute Gasteiger partial charge is 0.337 e. The molecule has 0 unspecified atom stereocenters. The standard InChI is InChI=1S/C25H31NO6/c1-6-31-11-12-32-24(29)20-15(2)26-18-13-25(3,4)14-19(27)22(18)21(20)16-7-9-17(10-8-16)23(28)30-5/h7-10,21,26H,6,11-14H2,1-5H3/t21-/m1/s1. The number of allylic oxidation sites excluding steroid dienone is 3. The summed E-state index contributed by atoms with van der Waals surface area (Å²) in [7, 11) is 1.32. The summed E-state index contributed by atoms with van der Waals surface area (Å²) in [6, 6.07) is 6.82. The summed E-state index contributed by atoms with van der Waals surface area (Å²) < 4.78 is 15.5. The van der Waals surface area contributed by atoms with Gasteiger partial charge in [0.25, 0.3) is 0 Å². The molecule has 7 nitrogen and oxygen atoms in total. The maximum atomic E-state index is 13.3. The van der Waals surface area contributed by atoms with Crippen molar-refractivity contribution in [2.75, 3.05) is 26.9 Å². The Balaban J connectivity index is 2.03. The molecule has 1 aromatic carbocycles. The lowest BCUT2D eigenvalue weighted by molar-refractivity contribution is -0.140. The lowest BCUT2D eigenvalue weighted by Crippen LogP contribution is -2.38. The number of ether oxygens (including phenoxy) is 3. The van der Waals surface area contributed by atoms with Crippen LogP contribution in [-0.4, -0.2) is 44.7 Å². The van der Waals surface area contributed by atoms with Crippen LogP contribution in [0.3, 0.4) is 0 Å². The fraction of sp³-hybridized carbons (Fsp3) is 0.480. The number of nitrogens with one attached hydrogen (secondary N) is 1. The number of esters is 2. The molecule has 1 atom stereocenters. The highest BCUT2D eigenvalue weighted by molar-refractivity contribution is 6.04. The number of rotatable bonds is 7. The van der Waals surface area contributed by atoms with Gasteiger partial charge in [0.1, 0.15) is 6.61 Å². The number of carbonyl (C=O) groups is 3. The molecule has 7 heteroatoms. The number of carbonyl (C=O) groups excluding carboxylic acids is 3. The minimum absolute atomic E-state index is 0.0120. The van der Waals surface area contributed by atoms with E-state index < -0.39 is 17.9 Å². The molecular weight excluding hydrogens is 410 g/mol. The van der Waals surface area contributed by atoms with Crippen molar-refractivity contribution < 1.29 is 28.6 Å². The molecular formula is C25H31NO6. The second-order valence-corrected chi connectivity index (χ2v) is 8.88. The van der Waals surface area contributed by atoms with Crippen molar-refractivity contribution in [3.05, 3.63) is 57.9 Å². The van der Waals surface area contributed by atoms with Crippen LogP contribution in [0.2, 0.25) is 0 Å². The minimum Gasteiger partial charge on any atom is -0.465 e. The van der Waals surface area contributed by atoms with Crippen LogP contribution in [0.15, 0.2) is 46.8 Å². The first-order chi connectivity index (χ1) is 15.2. The third-order valence-corrected chi connectivity index (χ3v) is 5.79. The lowest BCUT2D eigenvalue weighted by Gasteiger charge is -2.39. The SMILES string of the molecule is CCOCCOC(=O)C1=C(C)NC2=C(C(=O)CC(C)(C)C2)[C@@H]1c1ccc(C(=O)OC)cc1. The van der Waals surface area contributed by atoms with E-state index in [-0.39, 0.29) is 17.8 Å². The molecule has 0 saturated heterocycles. The second-order valence-electron chi connectivity index (χ2n) is 8.88. The van der Waals surface area contributed by atoms with Gasteiger partial charge < -0.3 is 19.5 Å². The Morgan fingerprint density at radius 3 is 2.41 bits per heavy atom. The van der Waals surface area contributed by atoms with Crippen molar-refractivity contribution in [1.82, 2.24) is 5.32 Å². The van der Waals surface area contributed by atoms with Crippen molar-refractivity contribution in [3.8, 4) is 0 Å². The Labute approximate surface area is 188 Å². The molecule has 172 valence electrons. The zero-order chi connectivity index (χ0) is 23.5. The molecule has 1 N–H and O–H groups in total. The normalized spacial score (nSPS) is 19.9. The van der Waals surface area contributed by atoms with Crippen molar-refractivity contribution in [3.63, 3.8) is 0 Å². The van der Waals surface area contributed by atoms with E-state index >= 15 is 0 Å². The molecule has 0 fully saturated rings. The van der Waals surface area contributed by atoms with Gasteiger partial charge in [-0.1, -0.05) is 26.0 Å². The van der Waals surface area contributed by atoms with Crippen LogP contribution in [0.25, 0.3) is 0 Å². The zero-order valence-corrected chi connectivity index (χ0v) is 19.4. The number of methoxy groups -OCH3 is 1. The van der Waals surface area contributed by atoms with Crippen LogP contribution in [0, 0.1) is 5.41 Å². The summed E-state index contributed by atoms with van der Waals surface area (Å²) >= 11 is 0. The van der Waals surface area contributed by atoms with Gasteiger partial charge in [0.2, 0.25) is 0 Å².